The number of aryl methyl sites for hydroxylation is 1. The average Bonchev–Trinajstić information content (AvgIpc) is 3.09. The monoisotopic (exact) mass is 332 g/mol. The van der Waals surface area contributed by atoms with Crippen LogP contribution in [0.2, 0.25) is 0 Å². The first-order valence-corrected chi connectivity index (χ1v) is 8.62. The Morgan fingerprint density at radius 3 is 2.80 bits per heavy atom. The number of rotatable bonds is 3. The number of hydrogen-bond acceptors (Lipinski definition) is 3. The lowest BCUT2D eigenvalue weighted by Gasteiger charge is -2.10. The highest BCUT2D eigenvalue weighted by molar-refractivity contribution is 6.03. The molecule has 3 aromatic rings. The lowest BCUT2D eigenvalue weighted by molar-refractivity contribution is 0.0949. The third-order valence-electron chi connectivity index (χ3n) is 4.76. The van der Waals surface area contributed by atoms with Crippen LogP contribution in [0, 0.1) is 0 Å². The number of hydrogen-bond donors (Lipinski definition) is 2. The van der Waals surface area contributed by atoms with Gasteiger partial charge < -0.3 is 0 Å². The van der Waals surface area contributed by atoms with Gasteiger partial charge in [-0.3, -0.25) is 9.89 Å². The Balaban J connectivity index is 1.54. The number of H-pyrrole nitrogens is 1. The maximum absolute atomic E-state index is 12.4. The highest BCUT2D eigenvalue weighted by Gasteiger charge is 2.21. The molecule has 126 valence electrons. The van der Waals surface area contributed by atoms with Crippen molar-refractivity contribution in [1.29, 1.82) is 0 Å². The van der Waals surface area contributed by atoms with E-state index in [-0.39, 0.29) is 5.91 Å². The Labute approximate surface area is 146 Å². The van der Waals surface area contributed by atoms with E-state index in [1.807, 2.05) is 25.1 Å². The van der Waals surface area contributed by atoms with E-state index in [0.717, 1.165) is 53.6 Å². The molecule has 4 rings (SSSR count). The maximum atomic E-state index is 12.4. The van der Waals surface area contributed by atoms with Crippen LogP contribution in [-0.2, 0) is 12.8 Å². The van der Waals surface area contributed by atoms with Crippen molar-refractivity contribution in [2.24, 2.45) is 5.10 Å². The summed E-state index contributed by atoms with van der Waals surface area (Å²) in [7, 11) is 0. The molecule has 5 nitrogen and oxygen atoms in total. The van der Waals surface area contributed by atoms with Gasteiger partial charge in [-0.1, -0.05) is 36.4 Å². The van der Waals surface area contributed by atoms with Crippen molar-refractivity contribution in [1.82, 2.24) is 15.6 Å². The minimum absolute atomic E-state index is 0.250. The first kappa shape index (κ1) is 15.6. The maximum Gasteiger partial charge on any atom is 0.292 e. The van der Waals surface area contributed by atoms with Gasteiger partial charge >= 0.3 is 0 Å². The van der Waals surface area contributed by atoms with Gasteiger partial charge in [0, 0.05) is 11.3 Å². The van der Waals surface area contributed by atoms with Crippen molar-refractivity contribution in [3.05, 3.63) is 65.0 Å². The highest BCUT2D eigenvalue weighted by Crippen LogP contribution is 2.22. The Morgan fingerprint density at radius 1 is 1.12 bits per heavy atom. The van der Waals surface area contributed by atoms with Gasteiger partial charge in [-0.05, 0) is 55.0 Å². The van der Waals surface area contributed by atoms with Crippen LogP contribution in [0.3, 0.4) is 0 Å². The fourth-order valence-corrected chi connectivity index (χ4v) is 3.34. The molecule has 1 aromatic heterocycles. The lowest BCUT2D eigenvalue weighted by atomic mass is 9.96. The second kappa shape index (κ2) is 6.51. The van der Waals surface area contributed by atoms with E-state index in [9.17, 15) is 4.79 Å². The Morgan fingerprint density at radius 2 is 1.92 bits per heavy atom. The molecule has 0 atom stereocenters. The Hall–Kier alpha value is -2.95. The average molecular weight is 332 g/mol. The smallest absolute Gasteiger partial charge is 0.281 e. The van der Waals surface area contributed by atoms with E-state index in [2.05, 4.69) is 45.0 Å². The molecule has 1 aliphatic rings. The summed E-state index contributed by atoms with van der Waals surface area (Å²) in [6, 6.07) is 14.3. The standard InChI is InChI=1S/C20H20N4O/c1-13(15-11-10-14-6-2-3-7-16(14)12-15)21-24-20(25)19-17-8-4-5-9-18(17)22-23-19/h2-3,6-7,10-12H,4-5,8-9H2,1H3,(H,22,23)(H,24,25)/b21-13-. The molecule has 0 fully saturated rings. The molecule has 0 aliphatic heterocycles. The Bertz CT molecular complexity index is 971. The summed E-state index contributed by atoms with van der Waals surface area (Å²) in [5, 5.41) is 13.8. The van der Waals surface area contributed by atoms with E-state index in [1.165, 1.54) is 5.39 Å². The van der Waals surface area contributed by atoms with Crippen molar-refractivity contribution in [2.75, 3.05) is 0 Å². The van der Waals surface area contributed by atoms with Crippen molar-refractivity contribution in [3.63, 3.8) is 0 Å². The molecule has 0 saturated heterocycles. The zero-order chi connectivity index (χ0) is 17.2. The largest absolute Gasteiger partial charge is 0.292 e. The van der Waals surface area contributed by atoms with Crippen LogP contribution in [0.25, 0.3) is 10.8 Å². The molecule has 0 bridgehead atoms. The fourth-order valence-electron chi connectivity index (χ4n) is 3.34. The van der Waals surface area contributed by atoms with Gasteiger partial charge in [0.2, 0.25) is 0 Å². The van der Waals surface area contributed by atoms with Crippen LogP contribution < -0.4 is 5.43 Å². The molecule has 0 unspecified atom stereocenters. The Kier molecular flexibility index (Phi) is 4.06. The summed E-state index contributed by atoms with van der Waals surface area (Å²) in [4.78, 5) is 12.4. The number of aromatic amines is 1. The van der Waals surface area contributed by atoms with Crippen molar-refractivity contribution in [2.45, 2.75) is 32.6 Å². The van der Waals surface area contributed by atoms with Crippen molar-refractivity contribution in [3.8, 4) is 0 Å². The first-order valence-electron chi connectivity index (χ1n) is 8.62. The topological polar surface area (TPSA) is 70.1 Å². The number of amides is 1. The SMILES string of the molecule is C/C(=N/NC(=O)c1n[nH]c2c1CCCC2)c1ccc2ccccc2c1. The zero-order valence-electron chi connectivity index (χ0n) is 14.2. The number of carbonyl (C=O) groups is 1. The van der Waals surface area contributed by atoms with Crippen molar-refractivity contribution < 1.29 is 4.79 Å². The predicted octanol–water partition coefficient (Wildman–Crippen LogP) is 3.60. The van der Waals surface area contributed by atoms with Crippen LogP contribution in [0.15, 0.2) is 47.6 Å². The van der Waals surface area contributed by atoms with Gasteiger partial charge in [0.05, 0.1) is 5.71 Å². The lowest BCUT2D eigenvalue weighted by Crippen LogP contribution is -2.21. The van der Waals surface area contributed by atoms with Gasteiger partial charge in [-0.2, -0.15) is 10.2 Å². The molecule has 25 heavy (non-hydrogen) atoms. The van der Waals surface area contributed by atoms with Gasteiger partial charge in [0.1, 0.15) is 0 Å². The molecule has 0 saturated carbocycles. The number of carbonyl (C=O) groups excluding carboxylic acids is 1. The second-order valence-corrected chi connectivity index (χ2v) is 6.44. The summed E-state index contributed by atoms with van der Waals surface area (Å²) in [6.45, 7) is 1.89. The molecule has 2 aromatic carbocycles. The molecule has 2 N–H and O–H groups in total. The molecule has 0 spiro atoms. The van der Waals surface area contributed by atoms with Crippen LogP contribution >= 0.6 is 0 Å². The molecular weight excluding hydrogens is 312 g/mol. The third kappa shape index (κ3) is 3.05. The molecule has 1 heterocycles. The molecular formula is C20H20N4O. The van der Waals surface area contributed by atoms with Gasteiger partial charge in [-0.25, -0.2) is 5.43 Å². The van der Waals surface area contributed by atoms with Crippen LogP contribution in [0.1, 0.15) is 47.1 Å². The summed E-state index contributed by atoms with van der Waals surface area (Å²) in [5.74, 6) is -0.250. The number of nitrogens with one attached hydrogen (secondary N) is 2. The summed E-state index contributed by atoms with van der Waals surface area (Å²) < 4.78 is 0. The van der Waals surface area contributed by atoms with E-state index in [4.69, 9.17) is 0 Å². The number of nitrogens with zero attached hydrogens (tertiary/aromatic N) is 2. The molecule has 5 heteroatoms. The van der Waals surface area contributed by atoms with Gasteiger partial charge in [-0.15, -0.1) is 0 Å². The van der Waals surface area contributed by atoms with Gasteiger partial charge in [0.25, 0.3) is 5.91 Å². The minimum atomic E-state index is -0.250. The number of benzene rings is 2. The van der Waals surface area contributed by atoms with Crippen LogP contribution in [-0.4, -0.2) is 21.8 Å². The second-order valence-electron chi connectivity index (χ2n) is 6.44. The highest BCUT2D eigenvalue weighted by atomic mass is 16.2. The van der Waals surface area contributed by atoms with E-state index >= 15 is 0 Å². The number of fused-ring (bicyclic) bond motifs is 2. The van der Waals surface area contributed by atoms with Crippen molar-refractivity contribution >= 4 is 22.4 Å². The third-order valence-corrected chi connectivity index (χ3v) is 4.76. The van der Waals surface area contributed by atoms with E-state index < -0.39 is 0 Å². The molecule has 0 radical (unpaired) electrons. The number of hydrazone groups is 1. The summed E-state index contributed by atoms with van der Waals surface area (Å²) in [6.07, 6.45) is 4.12. The van der Waals surface area contributed by atoms with Crippen LogP contribution in [0.4, 0.5) is 0 Å². The molecule has 1 aliphatic carbocycles. The normalized spacial score (nSPS) is 14.4. The van der Waals surface area contributed by atoms with E-state index in [0.29, 0.717) is 5.69 Å². The van der Waals surface area contributed by atoms with Gasteiger partial charge in [0.15, 0.2) is 5.69 Å². The quantitative estimate of drug-likeness (QED) is 0.568. The van der Waals surface area contributed by atoms with E-state index in [1.54, 1.807) is 0 Å². The van der Waals surface area contributed by atoms with Crippen LogP contribution in [0.5, 0.6) is 0 Å². The fraction of sp³-hybridized carbons (Fsp3) is 0.250. The summed E-state index contributed by atoms with van der Waals surface area (Å²) >= 11 is 0. The number of aromatic nitrogens is 2. The predicted molar refractivity (Wildman–Crippen MR) is 98.9 cm³/mol. The summed E-state index contributed by atoms with van der Waals surface area (Å²) in [5.41, 5.74) is 7.01. The first-order chi connectivity index (χ1) is 12.2. The minimum Gasteiger partial charge on any atom is -0.281 e. The zero-order valence-corrected chi connectivity index (χ0v) is 14.2. The molecule has 1 amide bonds.